The van der Waals surface area contributed by atoms with Gasteiger partial charge in [0, 0.05) is 74.0 Å². The van der Waals surface area contributed by atoms with Crippen LogP contribution in [0.2, 0.25) is 21.3 Å². The summed E-state index contributed by atoms with van der Waals surface area (Å²) in [5, 5.41) is 0.782. The Morgan fingerprint density at radius 3 is 1.52 bits per heavy atom. The number of rotatable bonds is 9. The van der Waals surface area contributed by atoms with Crippen molar-refractivity contribution >= 4 is 98.2 Å². The molecule has 418 valence electrons. The third-order valence-electron chi connectivity index (χ3n) is 14.8. The average Bonchev–Trinajstić information content (AvgIpc) is 4.00. The van der Waals surface area contributed by atoms with E-state index in [1.54, 1.807) is 0 Å². The van der Waals surface area contributed by atoms with Crippen LogP contribution in [0.1, 0.15) is 147 Å². The molecule has 11 nitrogen and oxygen atoms in total. The standard InChI is InChI=1S/C62H77B6N4O7.Pt/c1-57(2,3)44-32-33-69-55(38-44)72-51-27-20-19-26-47(51)48-31-30-43(35-54(48)72)40-73-39-42-24-23-25-46(34-42)70-41-71(53-29-22-21-28-52(53)70)56-49(63-74-65(59(7,8)9)78-66(75-63)60(10,11)12)36-45(58(4,5)6)37-50(56)64-76-67(61(13,14)15)79-68(77-64)62(16,17)18;/h19-33,36-38,41H,39-40H2,1-18H3;/q-3;. The summed E-state index contributed by atoms with van der Waals surface area (Å²) in [7, 11) is -4.00. The van der Waals surface area contributed by atoms with E-state index in [1.807, 2.05) is 6.20 Å². The molecule has 2 aromatic heterocycles. The van der Waals surface area contributed by atoms with Gasteiger partial charge in [-0.25, -0.2) is 4.98 Å². The summed E-state index contributed by atoms with van der Waals surface area (Å²) < 4.78 is 50.3. The molecule has 2 saturated heterocycles. The molecule has 80 heavy (non-hydrogen) atoms. The topological polar surface area (TPSA) is 88.9 Å². The first-order valence-electron chi connectivity index (χ1n) is 28.1. The number of nitrogens with zero attached hydrogens (tertiary/aromatic N) is 4. The summed E-state index contributed by atoms with van der Waals surface area (Å²) in [5.74, 6) is 0.870. The van der Waals surface area contributed by atoms with Crippen LogP contribution in [0.3, 0.4) is 0 Å². The second-order valence-electron chi connectivity index (χ2n) is 28.2. The van der Waals surface area contributed by atoms with E-state index in [4.69, 9.17) is 37.2 Å². The monoisotopic (exact) mass is 1250 g/mol. The van der Waals surface area contributed by atoms with Crippen molar-refractivity contribution < 1.29 is 53.2 Å². The van der Waals surface area contributed by atoms with E-state index in [0.29, 0.717) is 13.2 Å². The summed E-state index contributed by atoms with van der Waals surface area (Å²) in [6.45, 7) is 41.9. The molecule has 0 unspecified atom stereocenters. The molecular formula is C62H77B6N4O7Pt-3. The SMILES string of the molecule is CC(C)(C)B1OB(c2cc(C(C)(C)C)cc(B3OB(C(C)(C)C)OB(C(C)(C)C)O3)c2N2[CH-]N(c3[c-]c(COCc4[c-]c5c(cc4)c4ccccc4n5-c4cc(C(C)(C)C)ccn4)ccc3)c3ccccc32)OB(C(C)(C)C)O1.[Pt]. The zero-order chi connectivity index (χ0) is 56.8. The Labute approximate surface area is 494 Å². The summed E-state index contributed by atoms with van der Waals surface area (Å²) in [5.41, 5.74) is 11.1. The minimum absolute atomic E-state index is 0. The van der Waals surface area contributed by atoms with Crippen molar-refractivity contribution in [1.82, 2.24) is 9.55 Å². The maximum absolute atomic E-state index is 7.05. The van der Waals surface area contributed by atoms with Gasteiger partial charge in [-0.1, -0.05) is 173 Å². The first kappa shape index (κ1) is 60.1. The van der Waals surface area contributed by atoms with Gasteiger partial charge in [-0.15, -0.1) is 28.9 Å². The van der Waals surface area contributed by atoms with Gasteiger partial charge in [-0.3, -0.25) is 0 Å². The van der Waals surface area contributed by atoms with Gasteiger partial charge in [0.05, 0.1) is 0 Å². The molecule has 10 rings (SSSR count). The van der Waals surface area contributed by atoms with Crippen LogP contribution in [0.4, 0.5) is 22.7 Å². The minimum atomic E-state index is -0.839. The second-order valence-corrected chi connectivity index (χ2v) is 28.2. The van der Waals surface area contributed by atoms with E-state index >= 15 is 0 Å². The van der Waals surface area contributed by atoms with Gasteiger partial charge in [-0.05, 0) is 78.9 Å². The number of anilines is 4. The number of benzene rings is 5. The van der Waals surface area contributed by atoms with E-state index in [9.17, 15) is 0 Å². The molecule has 5 heterocycles. The first-order chi connectivity index (χ1) is 36.9. The van der Waals surface area contributed by atoms with Gasteiger partial charge >= 0.3 is 42.7 Å². The van der Waals surface area contributed by atoms with Crippen LogP contribution in [0.25, 0.3) is 27.6 Å². The fourth-order valence-corrected chi connectivity index (χ4v) is 10.3. The number of hydrogen-bond donors (Lipinski definition) is 0. The van der Waals surface area contributed by atoms with Crippen molar-refractivity contribution in [2.45, 2.75) is 170 Å². The number of pyridine rings is 1. The average molecular weight is 1250 g/mol. The minimum Gasteiger partial charge on any atom is -0.493 e. The molecule has 0 amide bonds. The molecule has 18 heteroatoms. The van der Waals surface area contributed by atoms with Gasteiger partial charge in [-0.2, -0.15) is 42.5 Å². The van der Waals surface area contributed by atoms with Crippen LogP contribution in [-0.2, 0) is 77.3 Å². The molecule has 0 spiro atoms. The summed E-state index contributed by atoms with van der Waals surface area (Å²) in [4.78, 5) is 9.31. The number of hydrogen-bond acceptors (Lipinski definition) is 10. The molecule has 0 bridgehead atoms. The first-order valence-corrected chi connectivity index (χ1v) is 28.1. The van der Waals surface area contributed by atoms with E-state index in [0.717, 1.165) is 78.0 Å². The second kappa shape index (κ2) is 22.2. The number of fused-ring (bicyclic) bond motifs is 4. The molecule has 0 saturated carbocycles. The van der Waals surface area contributed by atoms with Gasteiger partial charge in [0.25, 0.3) is 0 Å². The summed E-state index contributed by atoms with van der Waals surface area (Å²) >= 11 is 0. The van der Waals surface area contributed by atoms with Crippen molar-refractivity contribution in [2.24, 2.45) is 0 Å². The van der Waals surface area contributed by atoms with Crippen LogP contribution in [-0.4, -0.2) is 52.3 Å². The normalized spacial score (nSPS) is 16.1. The third-order valence-corrected chi connectivity index (χ3v) is 14.8. The zero-order valence-corrected chi connectivity index (χ0v) is 52.6. The number of para-hydroxylation sites is 3. The molecule has 7 aromatic rings. The van der Waals surface area contributed by atoms with Gasteiger partial charge in [0.2, 0.25) is 0 Å². The zero-order valence-electron chi connectivity index (χ0n) is 50.3. The Morgan fingerprint density at radius 1 is 0.500 bits per heavy atom. The van der Waals surface area contributed by atoms with Crippen molar-refractivity contribution in [3.63, 3.8) is 0 Å². The Morgan fingerprint density at radius 2 is 1.00 bits per heavy atom. The van der Waals surface area contributed by atoms with E-state index in [-0.39, 0.29) is 53.2 Å². The van der Waals surface area contributed by atoms with Crippen molar-refractivity contribution in [3.8, 4) is 5.82 Å². The van der Waals surface area contributed by atoms with E-state index in [2.05, 4.69) is 261 Å². The Balaban J connectivity index is 0.00000774. The van der Waals surface area contributed by atoms with E-state index < -0.39 is 42.7 Å². The Hall–Kier alpha value is -4.55. The van der Waals surface area contributed by atoms with Gasteiger partial charge < -0.3 is 46.5 Å². The quantitative estimate of drug-likeness (QED) is 0.103. The molecule has 2 fully saturated rings. The largest absolute Gasteiger partial charge is 0.493 e. The molecule has 3 aliphatic heterocycles. The molecular weight excluding hydrogens is 1170 g/mol. The fourth-order valence-electron chi connectivity index (χ4n) is 10.3. The third kappa shape index (κ3) is 12.4. The molecule has 0 radical (unpaired) electrons. The fraction of sp³-hybridized carbons (Fsp3) is 0.419. The Kier molecular flexibility index (Phi) is 16.7. The van der Waals surface area contributed by atoms with Crippen LogP contribution in [0, 0.1) is 18.8 Å². The Bertz CT molecular complexity index is 3260. The summed E-state index contributed by atoms with van der Waals surface area (Å²) in [6, 6.07) is 43.7. The maximum Gasteiger partial charge on any atom is 0.468 e. The van der Waals surface area contributed by atoms with Crippen LogP contribution in [0.5, 0.6) is 0 Å². The predicted molar refractivity (Wildman–Crippen MR) is 329 cm³/mol. The van der Waals surface area contributed by atoms with Crippen molar-refractivity contribution in [2.75, 3.05) is 9.80 Å². The molecule has 0 atom stereocenters. The molecule has 0 N–H and O–H groups in total. The van der Waals surface area contributed by atoms with Crippen molar-refractivity contribution in [1.29, 1.82) is 0 Å². The number of aromatic nitrogens is 2. The van der Waals surface area contributed by atoms with E-state index in [1.165, 1.54) is 5.56 Å². The molecule has 5 aromatic carbocycles. The maximum atomic E-state index is 7.05. The van der Waals surface area contributed by atoms with Crippen LogP contribution in [0.15, 0.2) is 109 Å². The van der Waals surface area contributed by atoms with Crippen molar-refractivity contribution in [3.05, 3.63) is 150 Å². The number of ether oxygens (including phenoxy) is 1. The van der Waals surface area contributed by atoms with Crippen LogP contribution < -0.4 is 20.7 Å². The van der Waals surface area contributed by atoms with Gasteiger partial charge in [0.1, 0.15) is 5.82 Å². The molecule has 3 aliphatic rings. The van der Waals surface area contributed by atoms with Crippen LogP contribution >= 0.6 is 0 Å². The molecule has 0 aliphatic carbocycles. The summed E-state index contributed by atoms with van der Waals surface area (Å²) in [6.07, 6.45) is 1.91. The smallest absolute Gasteiger partial charge is 0.468 e. The predicted octanol–water partition coefficient (Wildman–Crippen LogP) is 14.2. The van der Waals surface area contributed by atoms with Gasteiger partial charge in [0.15, 0.2) is 0 Å².